The minimum absolute atomic E-state index is 0.938. The molecule has 0 bridgehead atoms. The van der Waals surface area contributed by atoms with E-state index < -0.39 is 10.0 Å². The highest BCUT2D eigenvalue weighted by Gasteiger charge is 1.78. The topological polar surface area (TPSA) is 60.2 Å². The van der Waals surface area contributed by atoms with Gasteiger partial charge in [0.25, 0.3) is 0 Å². The second-order valence-electron chi connectivity index (χ2n) is 1.98. The lowest BCUT2D eigenvalue weighted by molar-refractivity contribution is 0.603. The third kappa shape index (κ3) is 17.6. The highest BCUT2D eigenvalue weighted by Crippen LogP contribution is 1.79. The van der Waals surface area contributed by atoms with E-state index in [1.54, 1.807) is 0 Å². The van der Waals surface area contributed by atoms with Gasteiger partial charge in [-0.15, -0.1) is 0 Å². The number of benzene rings is 1. The highest BCUT2D eigenvalue weighted by molar-refractivity contribution is 7.88. The Morgan fingerprint density at radius 1 is 0.909 bits per heavy atom. The molecular formula is C7H11NO2S. The van der Waals surface area contributed by atoms with Crippen LogP contribution in [0.4, 0.5) is 0 Å². The van der Waals surface area contributed by atoms with Crippen LogP contribution in [-0.2, 0) is 10.0 Å². The summed E-state index contributed by atoms with van der Waals surface area (Å²) in [5, 5.41) is 4.33. The van der Waals surface area contributed by atoms with Gasteiger partial charge in [0.2, 0.25) is 10.0 Å². The molecule has 1 rings (SSSR count). The van der Waals surface area contributed by atoms with Crippen LogP contribution in [0.25, 0.3) is 0 Å². The first-order valence-corrected chi connectivity index (χ1v) is 4.93. The van der Waals surface area contributed by atoms with Gasteiger partial charge in [0.05, 0.1) is 6.26 Å². The van der Waals surface area contributed by atoms with Crippen molar-refractivity contribution in [3.63, 3.8) is 0 Å². The van der Waals surface area contributed by atoms with Crippen molar-refractivity contribution in [2.75, 3.05) is 6.26 Å². The molecule has 0 amide bonds. The molecular weight excluding hydrogens is 162 g/mol. The molecule has 0 aliphatic heterocycles. The number of hydrogen-bond acceptors (Lipinski definition) is 2. The summed E-state index contributed by atoms with van der Waals surface area (Å²) in [4.78, 5) is 0. The molecule has 0 saturated carbocycles. The Morgan fingerprint density at radius 2 is 1.00 bits per heavy atom. The van der Waals surface area contributed by atoms with Gasteiger partial charge in [-0.2, -0.15) is 0 Å². The number of sulfonamides is 1. The quantitative estimate of drug-likeness (QED) is 0.624. The Balaban J connectivity index is 0.000000187. The maximum atomic E-state index is 9.41. The molecule has 0 radical (unpaired) electrons. The van der Waals surface area contributed by atoms with Crippen molar-refractivity contribution in [3.05, 3.63) is 36.4 Å². The normalized spacial score (nSPS) is 9.64. The van der Waals surface area contributed by atoms with Crippen molar-refractivity contribution in [3.8, 4) is 0 Å². The van der Waals surface area contributed by atoms with Crippen LogP contribution in [0.1, 0.15) is 0 Å². The van der Waals surface area contributed by atoms with Crippen LogP contribution in [0.2, 0.25) is 0 Å². The average molecular weight is 173 g/mol. The van der Waals surface area contributed by atoms with Crippen molar-refractivity contribution in [2.24, 2.45) is 5.14 Å². The summed E-state index contributed by atoms with van der Waals surface area (Å²) in [5.41, 5.74) is 0. The summed E-state index contributed by atoms with van der Waals surface area (Å²) >= 11 is 0. The van der Waals surface area contributed by atoms with E-state index in [0.717, 1.165) is 6.26 Å². The molecule has 0 atom stereocenters. The zero-order chi connectivity index (χ0) is 8.74. The number of hydrogen-bond donors (Lipinski definition) is 1. The van der Waals surface area contributed by atoms with Gasteiger partial charge in [0.15, 0.2) is 0 Å². The molecule has 0 fully saturated rings. The zero-order valence-electron chi connectivity index (χ0n) is 6.27. The molecule has 4 heteroatoms. The smallest absolute Gasteiger partial charge is 0.206 e. The molecule has 1 aromatic carbocycles. The number of rotatable bonds is 0. The van der Waals surface area contributed by atoms with Crippen LogP contribution in [0.3, 0.4) is 0 Å². The summed E-state index contributed by atoms with van der Waals surface area (Å²) in [6.45, 7) is 0. The van der Waals surface area contributed by atoms with Gasteiger partial charge in [-0.1, -0.05) is 36.4 Å². The summed E-state index contributed by atoms with van der Waals surface area (Å²) in [7, 11) is -3.17. The Morgan fingerprint density at radius 3 is 1.09 bits per heavy atom. The molecule has 1 aromatic rings. The van der Waals surface area contributed by atoms with Crippen LogP contribution in [0.5, 0.6) is 0 Å². The molecule has 11 heavy (non-hydrogen) atoms. The van der Waals surface area contributed by atoms with Gasteiger partial charge in [0.1, 0.15) is 0 Å². The Labute approximate surface area is 66.9 Å². The van der Waals surface area contributed by atoms with E-state index in [0.29, 0.717) is 0 Å². The first kappa shape index (κ1) is 10.1. The third-order valence-corrected chi connectivity index (χ3v) is 0.667. The van der Waals surface area contributed by atoms with E-state index in [1.807, 2.05) is 36.4 Å². The second-order valence-corrected chi connectivity index (χ2v) is 3.64. The van der Waals surface area contributed by atoms with Crippen LogP contribution < -0.4 is 5.14 Å². The zero-order valence-corrected chi connectivity index (χ0v) is 7.08. The molecule has 3 nitrogen and oxygen atoms in total. The molecule has 62 valence electrons. The maximum Gasteiger partial charge on any atom is 0.206 e. The van der Waals surface area contributed by atoms with Gasteiger partial charge in [-0.05, 0) is 0 Å². The number of nitrogens with two attached hydrogens (primary N) is 1. The summed E-state index contributed by atoms with van der Waals surface area (Å²) in [5.74, 6) is 0. The minimum atomic E-state index is -3.17. The molecule has 0 unspecified atom stereocenters. The lowest BCUT2D eigenvalue weighted by Crippen LogP contribution is -2.07. The standard InChI is InChI=1S/C6H6.CH5NO2S/c1-2-4-6-5-3-1;1-5(2,3)4/h1-6H;1H3,(H2,2,3,4). The lowest BCUT2D eigenvalue weighted by atomic mass is 10.4. The molecule has 0 aromatic heterocycles. The van der Waals surface area contributed by atoms with Crippen molar-refractivity contribution >= 4 is 10.0 Å². The van der Waals surface area contributed by atoms with E-state index in [9.17, 15) is 8.42 Å². The fourth-order valence-electron chi connectivity index (χ4n) is 0.385. The first-order valence-electron chi connectivity index (χ1n) is 2.98. The maximum absolute atomic E-state index is 9.41. The van der Waals surface area contributed by atoms with Crippen molar-refractivity contribution in [2.45, 2.75) is 0 Å². The fourth-order valence-corrected chi connectivity index (χ4v) is 0.385. The van der Waals surface area contributed by atoms with Gasteiger partial charge in [-0.3, -0.25) is 0 Å². The van der Waals surface area contributed by atoms with Gasteiger partial charge >= 0.3 is 0 Å². The Hall–Kier alpha value is -0.870. The highest BCUT2D eigenvalue weighted by atomic mass is 32.2. The summed E-state index contributed by atoms with van der Waals surface area (Å²) in [6, 6.07) is 12.0. The van der Waals surface area contributed by atoms with Crippen molar-refractivity contribution < 1.29 is 8.42 Å². The molecule has 2 N–H and O–H groups in total. The van der Waals surface area contributed by atoms with E-state index >= 15 is 0 Å². The fraction of sp³-hybridized carbons (Fsp3) is 0.143. The van der Waals surface area contributed by atoms with Crippen LogP contribution >= 0.6 is 0 Å². The van der Waals surface area contributed by atoms with Crippen LogP contribution in [0, 0.1) is 0 Å². The van der Waals surface area contributed by atoms with Gasteiger partial charge in [0, 0.05) is 0 Å². The SMILES string of the molecule is CS(N)(=O)=O.c1ccccc1. The van der Waals surface area contributed by atoms with Gasteiger partial charge < -0.3 is 0 Å². The molecule has 0 aliphatic carbocycles. The van der Waals surface area contributed by atoms with E-state index in [-0.39, 0.29) is 0 Å². The van der Waals surface area contributed by atoms with Crippen LogP contribution in [-0.4, -0.2) is 14.7 Å². The van der Waals surface area contributed by atoms with Crippen molar-refractivity contribution in [1.29, 1.82) is 0 Å². The predicted octanol–water partition coefficient (Wildman–Crippen LogP) is 0.591. The first-order chi connectivity index (χ1) is 5.00. The van der Waals surface area contributed by atoms with Gasteiger partial charge in [-0.25, -0.2) is 13.6 Å². The average Bonchev–Trinajstić information content (AvgIpc) is 1.88. The lowest BCUT2D eigenvalue weighted by Gasteiger charge is -1.71. The van der Waals surface area contributed by atoms with E-state index in [4.69, 9.17) is 0 Å². The third-order valence-electron chi connectivity index (χ3n) is 0.667. The van der Waals surface area contributed by atoms with E-state index in [2.05, 4.69) is 5.14 Å². The molecule has 0 spiro atoms. The molecule has 0 aliphatic rings. The minimum Gasteiger partial charge on any atom is -0.229 e. The Kier molecular flexibility index (Phi) is 4.49. The van der Waals surface area contributed by atoms with E-state index in [1.165, 1.54) is 0 Å². The summed E-state index contributed by atoms with van der Waals surface area (Å²) < 4.78 is 18.8. The predicted molar refractivity (Wildman–Crippen MR) is 45.5 cm³/mol. The van der Waals surface area contributed by atoms with Crippen molar-refractivity contribution in [1.82, 2.24) is 0 Å². The molecule has 0 saturated heterocycles. The largest absolute Gasteiger partial charge is 0.229 e. The molecule has 0 heterocycles. The monoisotopic (exact) mass is 173 g/mol. The van der Waals surface area contributed by atoms with Crippen LogP contribution in [0.15, 0.2) is 36.4 Å². The Bertz CT molecular complexity index is 233. The number of primary sulfonamides is 1. The summed E-state index contributed by atoms with van der Waals surface area (Å²) in [6.07, 6.45) is 0.938. The second kappa shape index (κ2) is 4.87.